The maximum absolute atomic E-state index is 11.7. The third-order valence-corrected chi connectivity index (χ3v) is 3.15. The van der Waals surface area contributed by atoms with E-state index < -0.39 is 0 Å². The van der Waals surface area contributed by atoms with E-state index in [2.05, 4.69) is 20.6 Å². The topological polar surface area (TPSA) is 66.9 Å². The Labute approximate surface area is 124 Å². The fourth-order valence-electron chi connectivity index (χ4n) is 1.96. The van der Waals surface area contributed by atoms with E-state index in [1.165, 1.54) is 0 Å². The third kappa shape index (κ3) is 5.22. The lowest BCUT2D eigenvalue weighted by Crippen LogP contribution is -2.29. The minimum atomic E-state index is 0.0621. The number of amides is 1. The number of pyridine rings is 2. The molecule has 21 heavy (non-hydrogen) atoms. The average Bonchev–Trinajstić information content (AvgIpc) is 2.52. The molecule has 1 amide bonds. The number of carbonyl (C=O) groups is 1. The number of carbonyl (C=O) groups excluding carboxylic acids is 1. The Bertz CT molecular complexity index is 571. The fourth-order valence-corrected chi connectivity index (χ4v) is 1.96. The Balaban J connectivity index is 1.62. The highest BCUT2D eigenvalue weighted by molar-refractivity contribution is 5.76. The van der Waals surface area contributed by atoms with Crippen molar-refractivity contribution in [3.8, 4) is 0 Å². The van der Waals surface area contributed by atoms with E-state index in [1.54, 1.807) is 18.6 Å². The van der Waals surface area contributed by atoms with Crippen LogP contribution in [0.2, 0.25) is 0 Å². The highest BCUT2D eigenvalue weighted by Gasteiger charge is 2.02. The van der Waals surface area contributed by atoms with E-state index in [0.717, 1.165) is 23.2 Å². The van der Waals surface area contributed by atoms with Crippen LogP contribution >= 0.6 is 0 Å². The summed E-state index contributed by atoms with van der Waals surface area (Å²) in [6.07, 6.45) is 8.30. The first-order chi connectivity index (χ1) is 10.3. The molecule has 0 spiro atoms. The molecule has 0 unspecified atom stereocenters. The van der Waals surface area contributed by atoms with Gasteiger partial charge in [0.1, 0.15) is 0 Å². The van der Waals surface area contributed by atoms with Crippen molar-refractivity contribution in [3.63, 3.8) is 0 Å². The molecule has 0 saturated heterocycles. The van der Waals surface area contributed by atoms with E-state index in [1.807, 2.05) is 31.3 Å². The lowest BCUT2D eigenvalue weighted by molar-refractivity contribution is -0.120. The first-order valence-corrected chi connectivity index (χ1v) is 7.06. The van der Waals surface area contributed by atoms with Crippen molar-refractivity contribution >= 4 is 11.6 Å². The zero-order valence-corrected chi connectivity index (χ0v) is 12.2. The van der Waals surface area contributed by atoms with Gasteiger partial charge in [0, 0.05) is 50.0 Å². The van der Waals surface area contributed by atoms with E-state index in [4.69, 9.17) is 0 Å². The minimum Gasteiger partial charge on any atom is -0.383 e. The largest absolute Gasteiger partial charge is 0.383 e. The van der Waals surface area contributed by atoms with E-state index in [0.29, 0.717) is 19.5 Å². The number of hydrogen-bond donors (Lipinski definition) is 2. The SMILES string of the molecule is Cc1cnccc1NCCNC(=O)CCc1cccnc1. The van der Waals surface area contributed by atoms with Crippen LogP contribution in [-0.4, -0.2) is 29.0 Å². The van der Waals surface area contributed by atoms with Crippen LogP contribution in [0.25, 0.3) is 0 Å². The number of nitrogens with zero attached hydrogens (tertiary/aromatic N) is 2. The molecular weight excluding hydrogens is 264 g/mol. The number of anilines is 1. The molecule has 0 fully saturated rings. The summed E-state index contributed by atoms with van der Waals surface area (Å²) in [5, 5.41) is 6.18. The first-order valence-electron chi connectivity index (χ1n) is 7.06. The van der Waals surface area contributed by atoms with Crippen LogP contribution in [0, 0.1) is 6.92 Å². The number of aromatic nitrogens is 2. The quantitative estimate of drug-likeness (QED) is 0.763. The number of aryl methyl sites for hydroxylation is 2. The first kappa shape index (κ1) is 15.0. The summed E-state index contributed by atoms with van der Waals surface area (Å²) in [4.78, 5) is 19.8. The molecule has 2 N–H and O–H groups in total. The molecule has 0 radical (unpaired) electrons. The second-order valence-corrected chi connectivity index (χ2v) is 4.83. The zero-order chi connectivity index (χ0) is 14.9. The molecule has 0 atom stereocenters. The molecule has 0 saturated carbocycles. The van der Waals surface area contributed by atoms with Gasteiger partial charge in [0.25, 0.3) is 0 Å². The highest BCUT2D eigenvalue weighted by Crippen LogP contribution is 2.10. The minimum absolute atomic E-state index is 0.0621. The van der Waals surface area contributed by atoms with Crippen molar-refractivity contribution in [1.82, 2.24) is 15.3 Å². The predicted molar refractivity (Wildman–Crippen MR) is 83.0 cm³/mol. The van der Waals surface area contributed by atoms with Gasteiger partial charge in [-0.15, -0.1) is 0 Å². The molecule has 2 aromatic rings. The van der Waals surface area contributed by atoms with Crippen molar-refractivity contribution in [2.75, 3.05) is 18.4 Å². The van der Waals surface area contributed by atoms with E-state index in [9.17, 15) is 4.79 Å². The summed E-state index contributed by atoms with van der Waals surface area (Å²) < 4.78 is 0. The van der Waals surface area contributed by atoms with Gasteiger partial charge in [0.2, 0.25) is 5.91 Å². The second kappa shape index (κ2) is 7.99. The zero-order valence-electron chi connectivity index (χ0n) is 12.2. The van der Waals surface area contributed by atoms with Gasteiger partial charge in [0.05, 0.1) is 0 Å². The second-order valence-electron chi connectivity index (χ2n) is 4.83. The number of hydrogen-bond acceptors (Lipinski definition) is 4. The summed E-state index contributed by atoms with van der Waals surface area (Å²) in [6.45, 7) is 3.30. The van der Waals surface area contributed by atoms with Crippen molar-refractivity contribution in [2.24, 2.45) is 0 Å². The van der Waals surface area contributed by atoms with Gasteiger partial charge in [-0.1, -0.05) is 6.07 Å². The van der Waals surface area contributed by atoms with Crippen LogP contribution < -0.4 is 10.6 Å². The Kier molecular flexibility index (Phi) is 5.70. The molecule has 0 aliphatic carbocycles. The molecule has 2 rings (SSSR count). The van der Waals surface area contributed by atoms with Gasteiger partial charge in [0.15, 0.2) is 0 Å². The summed E-state index contributed by atoms with van der Waals surface area (Å²) >= 11 is 0. The van der Waals surface area contributed by atoms with Gasteiger partial charge in [-0.3, -0.25) is 14.8 Å². The van der Waals surface area contributed by atoms with Gasteiger partial charge < -0.3 is 10.6 Å². The maximum atomic E-state index is 11.7. The monoisotopic (exact) mass is 284 g/mol. The number of rotatable bonds is 7. The van der Waals surface area contributed by atoms with Crippen LogP contribution in [0.4, 0.5) is 5.69 Å². The lowest BCUT2D eigenvalue weighted by Gasteiger charge is -2.09. The summed E-state index contributed by atoms with van der Waals surface area (Å²) in [6, 6.07) is 5.79. The van der Waals surface area contributed by atoms with Crippen molar-refractivity contribution in [3.05, 3.63) is 54.1 Å². The van der Waals surface area contributed by atoms with Gasteiger partial charge in [-0.2, -0.15) is 0 Å². The molecule has 5 nitrogen and oxygen atoms in total. The highest BCUT2D eigenvalue weighted by atomic mass is 16.1. The normalized spacial score (nSPS) is 10.1. The molecule has 2 aromatic heterocycles. The third-order valence-electron chi connectivity index (χ3n) is 3.15. The fraction of sp³-hybridized carbons (Fsp3) is 0.312. The molecule has 0 aliphatic heterocycles. The summed E-state index contributed by atoms with van der Waals surface area (Å²) in [5.74, 6) is 0.0621. The van der Waals surface area contributed by atoms with Crippen LogP contribution in [0.1, 0.15) is 17.5 Å². The Morgan fingerprint density at radius 2 is 2.00 bits per heavy atom. The summed E-state index contributed by atoms with van der Waals surface area (Å²) in [7, 11) is 0. The van der Waals surface area contributed by atoms with Crippen molar-refractivity contribution in [2.45, 2.75) is 19.8 Å². The van der Waals surface area contributed by atoms with Crippen molar-refractivity contribution < 1.29 is 4.79 Å². The van der Waals surface area contributed by atoms with Crippen molar-refractivity contribution in [1.29, 1.82) is 0 Å². The molecule has 110 valence electrons. The van der Waals surface area contributed by atoms with Gasteiger partial charge >= 0.3 is 0 Å². The molecule has 0 aromatic carbocycles. The Morgan fingerprint density at radius 3 is 2.76 bits per heavy atom. The Morgan fingerprint density at radius 1 is 1.14 bits per heavy atom. The molecule has 5 heteroatoms. The van der Waals surface area contributed by atoms with Crippen LogP contribution in [0.15, 0.2) is 43.0 Å². The number of nitrogens with one attached hydrogen (secondary N) is 2. The molecule has 0 aliphatic rings. The molecule has 0 bridgehead atoms. The summed E-state index contributed by atoms with van der Waals surface area (Å²) in [5.41, 5.74) is 3.23. The van der Waals surface area contributed by atoms with Crippen LogP contribution in [-0.2, 0) is 11.2 Å². The van der Waals surface area contributed by atoms with Crippen LogP contribution in [0.5, 0.6) is 0 Å². The predicted octanol–water partition coefficient (Wildman–Crippen LogP) is 1.95. The van der Waals surface area contributed by atoms with E-state index >= 15 is 0 Å². The lowest BCUT2D eigenvalue weighted by atomic mass is 10.1. The van der Waals surface area contributed by atoms with Crippen LogP contribution in [0.3, 0.4) is 0 Å². The van der Waals surface area contributed by atoms with E-state index in [-0.39, 0.29) is 5.91 Å². The molecule has 2 heterocycles. The smallest absolute Gasteiger partial charge is 0.220 e. The standard InChI is InChI=1S/C16H20N4O/c1-13-11-18-8-6-15(13)19-9-10-20-16(21)5-4-14-3-2-7-17-12-14/h2-3,6-8,11-12H,4-5,9-10H2,1H3,(H,18,19)(H,20,21). The van der Waals surface area contributed by atoms with Gasteiger partial charge in [-0.25, -0.2) is 0 Å². The Hall–Kier alpha value is -2.43. The maximum Gasteiger partial charge on any atom is 0.220 e. The average molecular weight is 284 g/mol. The van der Waals surface area contributed by atoms with Gasteiger partial charge in [-0.05, 0) is 36.6 Å². The molecular formula is C16H20N4O.